The summed E-state index contributed by atoms with van der Waals surface area (Å²) in [6.07, 6.45) is 0. The Bertz CT molecular complexity index is 318. The SMILES string of the molecule is C=C(c1cccs1)c1cccs1. The van der Waals surface area contributed by atoms with Gasteiger partial charge in [0.2, 0.25) is 0 Å². The highest BCUT2D eigenvalue weighted by Gasteiger charge is 2.02. The fraction of sp³-hybridized carbons (Fsp3) is 0. The minimum atomic E-state index is 1.14. The van der Waals surface area contributed by atoms with Crippen LogP contribution in [-0.4, -0.2) is 0 Å². The largest absolute Gasteiger partial charge is 0.144 e. The molecule has 0 saturated carbocycles. The summed E-state index contributed by atoms with van der Waals surface area (Å²) in [6.45, 7) is 4.06. The molecule has 0 nitrogen and oxygen atoms in total. The van der Waals surface area contributed by atoms with E-state index in [0.29, 0.717) is 0 Å². The molecule has 0 radical (unpaired) electrons. The number of rotatable bonds is 2. The number of thiophene rings is 2. The summed E-state index contributed by atoms with van der Waals surface area (Å²) in [5, 5.41) is 4.16. The molecule has 0 atom stereocenters. The van der Waals surface area contributed by atoms with Gasteiger partial charge < -0.3 is 0 Å². The average molecular weight is 192 g/mol. The van der Waals surface area contributed by atoms with Gasteiger partial charge in [0.1, 0.15) is 0 Å². The monoisotopic (exact) mass is 192 g/mol. The molecule has 0 bridgehead atoms. The van der Waals surface area contributed by atoms with Crippen LogP contribution in [0.4, 0.5) is 0 Å². The van der Waals surface area contributed by atoms with Gasteiger partial charge in [-0.1, -0.05) is 18.7 Å². The van der Waals surface area contributed by atoms with Crippen LogP contribution < -0.4 is 0 Å². The molecule has 0 aliphatic heterocycles. The quantitative estimate of drug-likeness (QED) is 0.677. The third-order valence-corrected chi connectivity index (χ3v) is 3.50. The van der Waals surface area contributed by atoms with E-state index in [1.54, 1.807) is 22.7 Å². The first kappa shape index (κ1) is 7.77. The molecule has 2 rings (SSSR count). The molecule has 0 aliphatic rings. The molecule has 0 aliphatic carbocycles. The van der Waals surface area contributed by atoms with Crippen molar-refractivity contribution in [2.24, 2.45) is 0 Å². The first-order valence-corrected chi connectivity index (χ1v) is 5.40. The van der Waals surface area contributed by atoms with Gasteiger partial charge in [0.25, 0.3) is 0 Å². The van der Waals surface area contributed by atoms with Crippen molar-refractivity contribution >= 4 is 28.2 Å². The maximum atomic E-state index is 4.06. The second-order valence-electron chi connectivity index (χ2n) is 2.43. The molecule has 0 unspecified atom stereocenters. The highest BCUT2D eigenvalue weighted by Crippen LogP contribution is 2.28. The number of hydrogen-bond donors (Lipinski definition) is 0. The van der Waals surface area contributed by atoms with Crippen molar-refractivity contribution in [3.05, 3.63) is 51.4 Å². The third-order valence-electron chi connectivity index (χ3n) is 1.64. The van der Waals surface area contributed by atoms with Gasteiger partial charge in [-0.05, 0) is 22.9 Å². The van der Waals surface area contributed by atoms with Gasteiger partial charge in [0.05, 0.1) is 0 Å². The predicted molar refractivity (Wildman–Crippen MR) is 56.8 cm³/mol. The smallest absolute Gasteiger partial charge is 0.0350 e. The maximum Gasteiger partial charge on any atom is 0.0350 e. The molecule has 2 heterocycles. The Balaban J connectivity index is 2.34. The van der Waals surface area contributed by atoms with Crippen molar-refractivity contribution in [2.75, 3.05) is 0 Å². The Morgan fingerprint density at radius 3 is 1.83 bits per heavy atom. The van der Waals surface area contributed by atoms with Crippen LogP contribution in [0.3, 0.4) is 0 Å². The van der Waals surface area contributed by atoms with Crippen LogP contribution in [0.2, 0.25) is 0 Å². The van der Waals surface area contributed by atoms with Gasteiger partial charge in [-0.3, -0.25) is 0 Å². The fourth-order valence-corrected chi connectivity index (χ4v) is 2.51. The van der Waals surface area contributed by atoms with Crippen molar-refractivity contribution in [3.63, 3.8) is 0 Å². The molecule has 2 heteroatoms. The zero-order valence-corrected chi connectivity index (χ0v) is 8.12. The molecular weight excluding hydrogens is 184 g/mol. The minimum Gasteiger partial charge on any atom is -0.144 e. The molecule has 0 fully saturated rings. The van der Waals surface area contributed by atoms with E-state index in [-0.39, 0.29) is 0 Å². The van der Waals surface area contributed by atoms with E-state index in [1.807, 2.05) is 0 Å². The van der Waals surface area contributed by atoms with E-state index in [0.717, 1.165) is 5.57 Å². The van der Waals surface area contributed by atoms with Gasteiger partial charge >= 0.3 is 0 Å². The second-order valence-corrected chi connectivity index (χ2v) is 4.33. The van der Waals surface area contributed by atoms with E-state index in [1.165, 1.54) is 9.75 Å². The lowest BCUT2D eigenvalue weighted by molar-refractivity contribution is 1.81. The first-order valence-electron chi connectivity index (χ1n) is 3.64. The molecule has 2 aromatic heterocycles. The molecular formula is C10H8S2. The average Bonchev–Trinajstić information content (AvgIpc) is 2.77. The lowest BCUT2D eigenvalue weighted by Gasteiger charge is -1.96. The highest BCUT2D eigenvalue weighted by molar-refractivity contribution is 7.13. The van der Waals surface area contributed by atoms with Crippen molar-refractivity contribution in [1.82, 2.24) is 0 Å². The van der Waals surface area contributed by atoms with E-state index in [9.17, 15) is 0 Å². The molecule has 60 valence electrons. The third kappa shape index (κ3) is 1.36. The first-order chi connectivity index (χ1) is 5.88. The Hall–Kier alpha value is -0.860. The van der Waals surface area contributed by atoms with Crippen LogP contribution in [0, 0.1) is 0 Å². The van der Waals surface area contributed by atoms with Crippen molar-refractivity contribution in [3.8, 4) is 0 Å². The molecule has 12 heavy (non-hydrogen) atoms. The molecule has 2 aromatic rings. The lowest BCUT2D eigenvalue weighted by atomic mass is 10.2. The van der Waals surface area contributed by atoms with Gasteiger partial charge in [0.15, 0.2) is 0 Å². The van der Waals surface area contributed by atoms with Gasteiger partial charge in [-0.15, -0.1) is 22.7 Å². The topological polar surface area (TPSA) is 0 Å². The summed E-state index contributed by atoms with van der Waals surface area (Å²) in [7, 11) is 0. The van der Waals surface area contributed by atoms with Crippen molar-refractivity contribution in [2.45, 2.75) is 0 Å². The fourth-order valence-electron chi connectivity index (χ4n) is 1.02. The summed E-state index contributed by atoms with van der Waals surface area (Å²) < 4.78 is 0. The molecule has 0 N–H and O–H groups in total. The normalized spacial score (nSPS) is 10.0. The van der Waals surface area contributed by atoms with Crippen LogP contribution in [0.1, 0.15) is 9.75 Å². The molecule has 0 amide bonds. The Kier molecular flexibility index (Phi) is 2.11. The predicted octanol–water partition coefficient (Wildman–Crippen LogP) is 3.87. The zero-order chi connectivity index (χ0) is 8.39. The van der Waals surface area contributed by atoms with Crippen LogP contribution in [0.25, 0.3) is 5.57 Å². The maximum absolute atomic E-state index is 4.06. The van der Waals surface area contributed by atoms with Crippen molar-refractivity contribution in [1.29, 1.82) is 0 Å². The second kappa shape index (κ2) is 3.25. The minimum absolute atomic E-state index is 1.14. The van der Waals surface area contributed by atoms with Crippen LogP contribution >= 0.6 is 22.7 Å². The zero-order valence-electron chi connectivity index (χ0n) is 6.49. The van der Waals surface area contributed by atoms with E-state index < -0.39 is 0 Å². The van der Waals surface area contributed by atoms with E-state index in [2.05, 4.69) is 41.6 Å². The highest BCUT2D eigenvalue weighted by atomic mass is 32.1. The summed E-state index contributed by atoms with van der Waals surface area (Å²) in [4.78, 5) is 2.52. The summed E-state index contributed by atoms with van der Waals surface area (Å²) >= 11 is 3.47. The standard InChI is InChI=1S/C10H8S2/c1-8(9-4-2-6-11-9)10-5-3-7-12-10/h2-7H,1H2. The molecule has 0 spiro atoms. The summed E-state index contributed by atoms with van der Waals surface area (Å²) in [6, 6.07) is 8.32. The van der Waals surface area contributed by atoms with E-state index in [4.69, 9.17) is 0 Å². The van der Waals surface area contributed by atoms with Crippen LogP contribution in [0.15, 0.2) is 41.6 Å². The summed E-state index contributed by atoms with van der Waals surface area (Å²) in [5.41, 5.74) is 1.14. The lowest BCUT2D eigenvalue weighted by Crippen LogP contribution is -1.74. The van der Waals surface area contributed by atoms with Gasteiger partial charge in [0, 0.05) is 15.3 Å². The van der Waals surface area contributed by atoms with Crippen LogP contribution in [0.5, 0.6) is 0 Å². The summed E-state index contributed by atoms with van der Waals surface area (Å²) in [5.74, 6) is 0. The van der Waals surface area contributed by atoms with E-state index >= 15 is 0 Å². The Morgan fingerprint density at radius 1 is 1.00 bits per heavy atom. The molecule has 0 saturated heterocycles. The van der Waals surface area contributed by atoms with Crippen LogP contribution in [-0.2, 0) is 0 Å². The van der Waals surface area contributed by atoms with Crippen molar-refractivity contribution < 1.29 is 0 Å². The van der Waals surface area contributed by atoms with Gasteiger partial charge in [-0.25, -0.2) is 0 Å². The molecule has 0 aromatic carbocycles. The Labute approximate surface area is 79.8 Å². The number of hydrogen-bond acceptors (Lipinski definition) is 2. The Morgan fingerprint density at radius 2 is 1.50 bits per heavy atom. The van der Waals surface area contributed by atoms with Gasteiger partial charge in [-0.2, -0.15) is 0 Å².